The number of rotatable bonds is 4. The Morgan fingerprint density at radius 1 is 0.958 bits per heavy atom. The summed E-state index contributed by atoms with van der Waals surface area (Å²) in [4.78, 5) is 6.50. The highest BCUT2D eigenvalue weighted by molar-refractivity contribution is 5.66. The summed E-state index contributed by atoms with van der Waals surface area (Å²) in [7, 11) is 1.93. The standard InChI is InChI=1S/C19H21N5/c1-13-10-14(2)18(15(3)11-13)21-17-12-20-23-19(22-17)24(4)16-8-6-5-7-9-16/h5-12H,1-4H3,(H,21,22,23). The van der Waals surface area contributed by atoms with Crippen LogP contribution in [0.5, 0.6) is 0 Å². The Morgan fingerprint density at radius 3 is 2.29 bits per heavy atom. The molecule has 0 aliphatic rings. The van der Waals surface area contributed by atoms with Gasteiger partial charge in [-0.3, -0.25) is 0 Å². The van der Waals surface area contributed by atoms with Gasteiger partial charge in [0.05, 0.1) is 6.20 Å². The molecule has 3 aromatic rings. The van der Waals surface area contributed by atoms with Crippen molar-refractivity contribution < 1.29 is 0 Å². The number of hydrogen-bond acceptors (Lipinski definition) is 5. The van der Waals surface area contributed by atoms with E-state index in [9.17, 15) is 0 Å². The van der Waals surface area contributed by atoms with Crippen LogP contribution in [0.2, 0.25) is 0 Å². The average molecular weight is 319 g/mol. The maximum Gasteiger partial charge on any atom is 0.251 e. The largest absolute Gasteiger partial charge is 0.338 e. The highest BCUT2D eigenvalue weighted by Crippen LogP contribution is 2.26. The van der Waals surface area contributed by atoms with Gasteiger partial charge in [-0.05, 0) is 44.0 Å². The number of nitrogens with zero attached hydrogens (tertiary/aromatic N) is 4. The summed E-state index contributed by atoms with van der Waals surface area (Å²) in [6, 6.07) is 14.3. The first-order chi connectivity index (χ1) is 11.5. The number of anilines is 4. The van der Waals surface area contributed by atoms with Gasteiger partial charge in [-0.2, -0.15) is 10.1 Å². The lowest BCUT2D eigenvalue weighted by Gasteiger charge is -2.18. The quantitative estimate of drug-likeness (QED) is 0.776. The Bertz CT molecular complexity index is 822. The van der Waals surface area contributed by atoms with E-state index in [4.69, 9.17) is 0 Å². The minimum Gasteiger partial charge on any atom is -0.338 e. The second kappa shape index (κ2) is 6.66. The maximum atomic E-state index is 4.59. The van der Waals surface area contributed by atoms with Gasteiger partial charge in [0.15, 0.2) is 5.82 Å². The number of aromatic nitrogens is 3. The summed E-state index contributed by atoms with van der Waals surface area (Å²) >= 11 is 0. The molecule has 1 heterocycles. The molecule has 0 radical (unpaired) electrons. The zero-order chi connectivity index (χ0) is 17.1. The monoisotopic (exact) mass is 319 g/mol. The van der Waals surface area contributed by atoms with Gasteiger partial charge < -0.3 is 10.2 Å². The number of para-hydroxylation sites is 1. The van der Waals surface area contributed by atoms with Gasteiger partial charge in [0.2, 0.25) is 0 Å². The minimum atomic E-state index is 0.550. The second-order valence-corrected chi connectivity index (χ2v) is 5.93. The van der Waals surface area contributed by atoms with Crippen LogP contribution in [0.4, 0.5) is 23.1 Å². The van der Waals surface area contributed by atoms with E-state index in [1.807, 2.05) is 42.3 Å². The highest BCUT2D eigenvalue weighted by Gasteiger charge is 2.10. The fourth-order valence-electron chi connectivity index (χ4n) is 2.77. The van der Waals surface area contributed by atoms with E-state index in [0.29, 0.717) is 11.8 Å². The zero-order valence-corrected chi connectivity index (χ0v) is 14.4. The predicted molar refractivity (Wildman–Crippen MR) is 98.3 cm³/mol. The predicted octanol–water partition coefficient (Wildman–Crippen LogP) is 4.31. The molecule has 0 amide bonds. The van der Waals surface area contributed by atoms with Crippen molar-refractivity contribution in [3.63, 3.8) is 0 Å². The summed E-state index contributed by atoms with van der Waals surface area (Å²) in [6.45, 7) is 6.28. The Hall–Kier alpha value is -2.95. The van der Waals surface area contributed by atoms with Crippen LogP contribution < -0.4 is 10.2 Å². The smallest absolute Gasteiger partial charge is 0.251 e. The maximum absolute atomic E-state index is 4.59. The molecule has 0 aliphatic carbocycles. The molecule has 3 rings (SSSR count). The molecular weight excluding hydrogens is 298 g/mol. The first kappa shape index (κ1) is 15.9. The molecule has 1 N–H and O–H groups in total. The molecular formula is C19H21N5. The second-order valence-electron chi connectivity index (χ2n) is 5.93. The molecule has 1 aromatic heterocycles. The third-order valence-electron chi connectivity index (χ3n) is 3.92. The van der Waals surface area contributed by atoms with Gasteiger partial charge in [-0.25, -0.2) is 0 Å². The Morgan fingerprint density at radius 2 is 1.62 bits per heavy atom. The Kier molecular flexibility index (Phi) is 4.42. The summed E-state index contributed by atoms with van der Waals surface area (Å²) in [5, 5.41) is 11.6. The van der Waals surface area contributed by atoms with E-state index in [2.05, 4.69) is 53.4 Å². The molecule has 0 saturated heterocycles. The topological polar surface area (TPSA) is 53.9 Å². The van der Waals surface area contributed by atoms with Gasteiger partial charge in [-0.15, -0.1) is 5.10 Å². The first-order valence-electron chi connectivity index (χ1n) is 7.88. The van der Waals surface area contributed by atoms with Gasteiger partial charge >= 0.3 is 0 Å². The van der Waals surface area contributed by atoms with Crippen molar-refractivity contribution in [3.8, 4) is 0 Å². The van der Waals surface area contributed by atoms with Crippen molar-refractivity contribution in [1.29, 1.82) is 0 Å². The minimum absolute atomic E-state index is 0.550. The molecule has 0 atom stereocenters. The normalized spacial score (nSPS) is 10.5. The van der Waals surface area contributed by atoms with E-state index in [-0.39, 0.29) is 0 Å². The lowest BCUT2D eigenvalue weighted by molar-refractivity contribution is 0.931. The molecule has 0 aliphatic heterocycles. The number of benzene rings is 2. The number of nitrogens with one attached hydrogen (secondary N) is 1. The van der Waals surface area contributed by atoms with Gasteiger partial charge in [-0.1, -0.05) is 35.9 Å². The van der Waals surface area contributed by atoms with Crippen molar-refractivity contribution >= 4 is 23.1 Å². The molecule has 5 nitrogen and oxygen atoms in total. The summed E-state index contributed by atoms with van der Waals surface area (Å²) in [6.07, 6.45) is 1.64. The Balaban J connectivity index is 1.89. The molecule has 0 spiro atoms. The summed E-state index contributed by atoms with van der Waals surface area (Å²) in [5.41, 5.74) is 5.70. The average Bonchev–Trinajstić information content (AvgIpc) is 2.58. The van der Waals surface area contributed by atoms with Gasteiger partial charge in [0.1, 0.15) is 0 Å². The van der Waals surface area contributed by atoms with E-state index >= 15 is 0 Å². The fourth-order valence-corrected chi connectivity index (χ4v) is 2.77. The highest BCUT2D eigenvalue weighted by atomic mass is 15.3. The lowest BCUT2D eigenvalue weighted by Crippen LogP contribution is -2.14. The molecule has 0 saturated carbocycles. The molecule has 0 fully saturated rings. The van der Waals surface area contributed by atoms with E-state index in [1.165, 1.54) is 16.7 Å². The van der Waals surface area contributed by atoms with Crippen LogP contribution in [-0.4, -0.2) is 22.2 Å². The van der Waals surface area contributed by atoms with E-state index < -0.39 is 0 Å². The van der Waals surface area contributed by atoms with E-state index in [0.717, 1.165) is 11.4 Å². The van der Waals surface area contributed by atoms with Gasteiger partial charge in [0, 0.05) is 18.4 Å². The fraction of sp³-hybridized carbons (Fsp3) is 0.211. The van der Waals surface area contributed by atoms with Crippen molar-refractivity contribution in [3.05, 3.63) is 65.4 Å². The third kappa shape index (κ3) is 3.35. The van der Waals surface area contributed by atoms with Crippen LogP contribution in [0.15, 0.2) is 48.7 Å². The molecule has 0 bridgehead atoms. The number of aryl methyl sites for hydroxylation is 3. The van der Waals surface area contributed by atoms with Crippen LogP contribution in [0.1, 0.15) is 16.7 Å². The van der Waals surface area contributed by atoms with E-state index in [1.54, 1.807) is 6.20 Å². The number of hydrogen-bond donors (Lipinski definition) is 1. The first-order valence-corrected chi connectivity index (χ1v) is 7.88. The lowest BCUT2D eigenvalue weighted by atomic mass is 10.1. The molecule has 122 valence electrons. The molecule has 5 heteroatoms. The van der Waals surface area contributed by atoms with Crippen LogP contribution in [0.25, 0.3) is 0 Å². The third-order valence-corrected chi connectivity index (χ3v) is 3.92. The van der Waals surface area contributed by atoms with Crippen LogP contribution in [0, 0.1) is 20.8 Å². The molecule has 24 heavy (non-hydrogen) atoms. The van der Waals surface area contributed by atoms with Crippen LogP contribution in [-0.2, 0) is 0 Å². The van der Waals surface area contributed by atoms with Crippen molar-refractivity contribution in [2.75, 3.05) is 17.3 Å². The van der Waals surface area contributed by atoms with Gasteiger partial charge in [0.25, 0.3) is 5.95 Å². The summed E-state index contributed by atoms with van der Waals surface area (Å²) in [5.74, 6) is 1.23. The molecule has 2 aromatic carbocycles. The van der Waals surface area contributed by atoms with Crippen molar-refractivity contribution in [2.24, 2.45) is 0 Å². The zero-order valence-electron chi connectivity index (χ0n) is 14.4. The summed E-state index contributed by atoms with van der Waals surface area (Å²) < 4.78 is 0. The van der Waals surface area contributed by atoms with Crippen LogP contribution in [0.3, 0.4) is 0 Å². The molecule has 0 unspecified atom stereocenters. The SMILES string of the molecule is Cc1cc(C)c(Nc2cnnc(N(C)c3ccccc3)n2)c(C)c1. The van der Waals surface area contributed by atoms with Crippen LogP contribution >= 0.6 is 0 Å². The Labute approximate surface area is 142 Å². The van der Waals surface area contributed by atoms with Crippen molar-refractivity contribution in [1.82, 2.24) is 15.2 Å². The van der Waals surface area contributed by atoms with Crippen molar-refractivity contribution in [2.45, 2.75) is 20.8 Å².